The van der Waals surface area contributed by atoms with E-state index in [2.05, 4.69) is 4.98 Å². The SMILES string of the molecule is COc1ccc(N2CCN(c3c(S(=O)(=O)c4ccc(OC)cc4)cnc4cc(OC)c(OC)cc34)CC2O)cc1. The number of piperazine rings is 1. The van der Waals surface area contributed by atoms with Gasteiger partial charge in [-0.3, -0.25) is 4.98 Å². The summed E-state index contributed by atoms with van der Waals surface area (Å²) in [6, 6.07) is 17.1. The van der Waals surface area contributed by atoms with E-state index < -0.39 is 16.1 Å². The highest BCUT2D eigenvalue weighted by Gasteiger charge is 2.32. The molecular weight excluding hydrogens is 534 g/mol. The highest BCUT2D eigenvalue weighted by Crippen LogP contribution is 2.41. The molecule has 40 heavy (non-hydrogen) atoms. The molecule has 0 amide bonds. The first-order valence-electron chi connectivity index (χ1n) is 12.6. The van der Waals surface area contributed by atoms with Gasteiger partial charge in [0, 0.05) is 36.4 Å². The number of ether oxygens (including phenoxy) is 4. The third-order valence-corrected chi connectivity index (χ3v) is 8.82. The quantitative estimate of drug-likeness (QED) is 0.339. The maximum atomic E-state index is 14.0. The first-order valence-corrected chi connectivity index (χ1v) is 14.1. The smallest absolute Gasteiger partial charge is 0.210 e. The van der Waals surface area contributed by atoms with E-state index >= 15 is 0 Å². The molecule has 11 heteroatoms. The number of benzene rings is 3. The lowest BCUT2D eigenvalue weighted by atomic mass is 10.1. The molecular formula is C29H31N3O7S. The number of anilines is 2. The summed E-state index contributed by atoms with van der Waals surface area (Å²) < 4.78 is 49.4. The van der Waals surface area contributed by atoms with Gasteiger partial charge < -0.3 is 33.9 Å². The molecule has 1 saturated heterocycles. The fraction of sp³-hybridized carbons (Fsp3) is 0.276. The van der Waals surface area contributed by atoms with Gasteiger partial charge >= 0.3 is 0 Å². The van der Waals surface area contributed by atoms with Gasteiger partial charge in [0.1, 0.15) is 22.6 Å². The zero-order valence-corrected chi connectivity index (χ0v) is 23.5. The molecule has 2 heterocycles. The van der Waals surface area contributed by atoms with Gasteiger partial charge in [-0.2, -0.15) is 0 Å². The number of methoxy groups -OCH3 is 4. The molecule has 210 valence electrons. The number of fused-ring (bicyclic) bond motifs is 1. The fourth-order valence-corrected chi connectivity index (χ4v) is 6.37. The molecule has 1 fully saturated rings. The van der Waals surface area contributed by atoms with Crippen molar-refractivity contribution in [3.63, 3.8) is 0 Å². The Morgan fingerprint density at radius 1 is 0.825 bits per heavy atom. The van der Waals surface area contributed by atoms with E-state index in [1.165, 1.54) is 39.7 Å². The van der Waals surface area contributed by atoms with E-state index in [1.54, 1.807) is 31.4 Å². The van der Waals surface area contributed by atoms with Crippen LogP contribution in [0.15, 0.2) is 76.7 Å². The van der Waals surface area contributed by atoms with Crippen molar-refractivity contribution in [2.24, 2.45) is 0 Å². The minimum atomic E-state index is -4.00. The molecule has 1 aromatic heterocycles. The van der Waals surface area contributed by atoms with Crippen molar-refractivity contribution < 1.29 is 32.5 Å². The van der Waals surface area contributed by atoms with Gasteiger partial charge in [-0.1, -0.05) is 0 Å². The Bertz CT molecular complexity index is 1610. The molecule has 0 spiro atoms. The van der Waals surface area contributed by atoms with Crippen molar-refractivity contribution in [2.45, 2.75) is 16.0 Å². The third kappa shape index (κ3) is 4.93. The summed E-state index contributed by atoms with van der Waals surface area (Å²) in [6.45, 7) is 1.05. The molecule has 1 unspecified atom stereocenters. The molecule has 0 saturated carbocycles. The Kier molecular flexibility index (Phi) is 7.59. The zero-order chi connectivity index (χ0) is 28.4. The van der Waals surface area contributed by atoms with Crippen LogP contribution in [0, 0.1) is 0 Å². The minimum absolute atomic E-state index is 0.0301. The van der Waals surface area contributed by atoms with Gasteiger partial charge in [0.2, 0.25) is 9.84 Å². The van der Waals surface area contributed by atoms with Gasteiger partial charge in [-0.15, -0.1) is 0 Å². The number of pyridine rings is 1. The molecule has 1 N–H and O–H groups in total. The summed E-state index contributed by atoms with van der Waals surface area (Å²) in [4.78, 5) is 8.39. The first kappa shape index (κ1) is 27.4. The maximum absolute atomic E-state index is 14.0. The Balaban J connectivity index is 1.62. The van der Waals surface area contributed by atoms with Crippen molar-refractivity contribution in [2.75, 3.05) is 57.9 Å². The molecule has 0 aliphatic carbocycles. The summed E-state index contributed by atoms with van der Waals surface area (Å²) in [5, 5.41) is 11.8. The number of rotatable bonds is 8. The standard InChI is InChI=1S/C29H31N3O7S/c1-36-20-7-5-19(6-8-20)32-14-13-31(18-28(32)33)29-23-15-25(38-3)26(39-4)16-24(23)30-17-27(29)40(34,35)22-11-9-21(37-2)10-12-22/h5-12,15-17,28,33H,13-14,18H2,1-4H3. The van der Waals surface area contributed by atoms with Gasteiger partial charge in [-0.25, -0.2) is 8.42 Å². The molecule has 4 aromatic rings. The summed E-state index contributed by atoms with van der Waals surface area (Å²) in [5.74, 6) is 2.18. The lowest BCUT2D eigenvalue weighted by Gasteiger charge is -2.42. The Labute approximate surface area is 233 Å². The topological polar surface area (TPSA) is 111 Å². The summed E-state index contributed by atoms with van der Waals surface area (Å²) in [6.07, 6.45) is 0.466. The third-order valence-electron chi connectivity index (χ3n) is 7.05. The number of aliphatic hydroxyl groups excluding tert-OH is 1. The van der Waals surface area contributed by atoms with Crippen molar-refractivity contribution in [1.29, 1.82) is 0 Å². The molecule has 3 aromatic carbocycles. The Morgan fingerprint density at radius 3 is 2.00 bits per heavy atom. The second kappa shape index (κ2) is 11.1. The predicted octanol–water partition coefficient (Wildman–Crippen LogP) is 3.75. The van der Waals surface area contributed by atoms with Crippen LogP contribution in [0.4, 0.5) is 11.4 Å². The number of β-amino-alcohol motifs (C(OH)–C–C–N with tert-alkyl or cyclic N) is 1. The lowest BCUT2D eigenvalue weighted by Crippen LogP contribution is -2.53. The first-order chi connectivity index (χ1) is 19.3. The van der Waals surface area contributed by atoms with Crippen LogP contribution in [-0.2, 0) is 9.84 Å². The van der Waals surface area contributed by atoms with Gasteiger partial charge in [-0.05, 0) is 54.6 Å². The molecule has 1 aliphatic heterocycles. The highest BCUT2D eigenvalue weighted by molar-refractivity contribution is 7.91. The molecule has 0 radical (unpaired) electrons. The van der Waals surface area contributed by atoms with Crippen LogP contribution in [-0.4, -0.2) is 72.8 Å². The molecule has 0 bridgehead atoms. The Hall–Kier alpha value is -4.22. The maximum Gasteiger partial charge on any atom is 0.210 e. The van der Waals surface area contributed by atoms with Crippen LogP contribution in [0.5, 0.6) is 23.0 Å². The number of nitrogens with zero attached hydrogens (tertiary/aromatic N) is 3. The van der Waals surface area contributed by atoms with E-state index in [1.807, 2.05) is 34.1 Å². The monoisotopic (exact) mass is 565 g/mol. The zero-order valence-electron chi connectivity index (χ0n) is 22.7. The average molecular weight is 566 g/mol. The van der Waals surface area contributed by atoms with Crippen molar-refractivity contribution >= 4 is 32.1 Å². The number of sulfone groups is 1. The van der Waals surface area contributed by atoms with Crippen molar-refractivity contribution in [3.05, 3.63) is 66.9 Å². The van der Waals surface area contributed by atoms with E-state index in [-0.39, 0.29) is 16.3 Å². The molecule has 1 aliphatic rings. The van der Waals surface area contributed by atoms with Crippen LogP contribution in [0.2, 0.25) is 0 Å². The summed E-state index contributed by atoms with van der Waals surface area (Å²) in [5.41, 5.74) is 1.81. The number of hydrogen-bond donors (Lipinski definition) is 1. The largest absolute Gasteiger partial charge is 0.497 e. The van der Waals surface area contributed by atoms with Gasteiger partial charge in [0.05, 0.1) is 51.1 Å². The molecule has 1 atom stereocenters. The average Bonchev–Trinajstić information content (AvgIpc) is 2.99. The van der Waals surface area contributed by atoms with E-state index in [9.17, 15) is 13.5 Å². The van der Waals surface area contributed by atoms with Gasteiger partial charge in [0.25, 0.3) is 0 Å². The highest BCUT2D eigenvalue weighted by atomic mass is 32.2. The van der Waals surface area contributed by atoms with Crippen LogP contribution < -0.4 is 28.7 Å². The fourth-order valence-electron chi connectivity index (χ4n) is 4.93. The summed E-state index contributed by atoms with van der Waals surface area (Å²) in [7, 11) is 2.17. The van der Waals surface area contributed by atoms with Crippen LogP contribution in [0.3, 0.4) is 0 Å². The second-order valence-electron chi connectivity index (χ2n) is 9.19. The Morgan fingerprint density at radius 2 is 1.43 bits per heavy atom. The second-order valence-corrected chi connectivity index (χ2v) is 11.1. The van der Waals surface area contributed by atoms with Crippen molar-refractivity contribution in [1.82, 2.24) is 4.98 Å². The lowest BCUT2D eigenvalue weighted by molar-refractivity contribution is 0.162. The van der Waals surface area contributed by atoms with Crippen LogP contribution >= 0.6 is 0 Å². The van der Waals surface area contributed by atoms with Crippen LogP contribution in [0.25, 0.3) is 10.9 Å². The van der Waals surface area contributed by atoms with Gasteiger partial charge in [0.15, 0.2) is 11.5 Å². The van der Waals surface area contributed by atoms with E-state index in [0.29, 0.717) is 46.9 Å². The van der Waals surface area contributed by atoms with E-state index in [4.69, 9.17) is 18.9 Å². The summed E-state index contributed by atoms with van der Waals surface area (Å²) >= 11 is 0. The number of aromatic nitrogens is 1. The van der Waals surface area contributed by atoms with E-state index in [0.717, 1.165) is 11.4 Å². The number of aliphatic hydroxyl groups is 1. The molecule has 10 nitrogen and oxygen atoms in total. The number of hydrogen-bond acceptors (Lipinski definition) is 10. The molecule has 5 rings (SSSR count). The minimum Gasteiger partial charge on any atom is -0.497 e. The predicted molar refractivity (Wildman–Crippen MR) is 152 cm³/mol. The normalized spacial score (nSPS) is 15.7. The van der Waals surface area contributed by atoms with Crippen LogP contribution in [0.1, 0.15) is 0 Å². The van der Waals surface area contributed by atoms with Crippen molar-refractivity contribution in [3.8, 4) is 23.0 Å².